The van der Waals surface area contributed by atoms with E-state index in [2.05, 4.69) is 10.3 Å². The monoisotopic (exact) mass is 300 g/mol. The van der Waals surface area contributed by atoms with Gasteiger partial charge in [-0.25, -0.2) is 13.2 Å². The summed E-state index contributed by atoms with van der Waals surface area (Å²) < 4.78 is 23.9. The molecule has 8 heteroatoms. The van der Waals surface area contributed by atoms with E-state index in [0.29, 0.717) is 11.4 Å². The lowest BCUT2D eigenvalue weighted by Crippen LogP contribution is -2.44. The molecule has 0 fully saturated rings. The van der Waals surface area contributed by atoms with Gasteiger partial charge >= 0.3 is 5.97 Å². The molecule has 0 aliphatic carbocycles. The molecule has 2 N–H and O–H groups in total. The van der Waals surface area contributed by atoms with Crippen LogP contribution in [-0.4, -0.2) is 42.2 Å². The number of aliphatic carboxylic acids is 1. The van der Waals surface area contributed by atoms with Gasteiger partial charge < -0.3 is 10.4 Å². The third-order valence-corrected chi connectivity index (χ3v) is 3.99. The summed E-state index contributed by atoms with van der Waals surface area (Å²) in [5.41, 5.74) is 1.02. The molecule has 0 radical (unpaired) electrons. The first kappa shape index (κ1) is 16.1. The van der Waals surface area contributed by atoms with Gasteiger partial charge in [-0.1, -0.05) is 6.07 Å². The topological polar surface area (TPSA) is 113 Å². The molecule has 110 valence electrons. The van der Waals surface area contributed by atoms with Crippen LogP contribution in [0.4, 0.5) is 0 Å². The van der Waals surface area contributed by atoms with Gasteiger partial charge in [0, 0.05) is 12.6 Å². The number of carboxylic acids is 1. The zero-order valence-electron chi connectivity index (χ0n) is 11.2. The van der Waals surface area contributed by atoms with Crippen molar-refractivity contribution in [1.82, 2.24) is 10.3 Å². The van der Waals surface area contributed by atoms with Crippen LogP contribution in [0.1, 0.15) is 18.3 Å². The predicted octanol–water partition coefficient (Wildman–Crippen LogP) is -0.106. The fourth-order valence-electron chi connectivity index (χ4n) is 1.64. The first-order chi connectivity index (χ1) is 9.19. The number of nitrogens with one attached hydrogen (secondary N) is 1. The number of carbonyl (C=O) groups is 2. The fourth-order valence-corrected chi connectivity index (χ4v) is 3.10. The van der Waals surface area contributed by atoms with Crippen LogP contribution in [0.3, 0.4) is 0 Å². The smallest absolute Gasteiger partial charge is 0.327 e. The van der Waals surface area contributed by atoms with Gasteiger partial charge in [0.2, 0.25) is 5.91 Å². The number of nitrogens with zero attached hydrogens (tertiary/aromatic N) is 1. The standard InChI is InChI=1S/C12H16N2O5S/c1-8-4-3-5-10(13-8)6-20(18,19)7-11(12(16)17)14-9(2)15/h3-5,11H,6-7H2,1-2H3,(H,14,15)(H,16,17). The summed E-state index contributed by atoms with van der Waals surface area (Å²) in [5, 5.41) is 11.0. The Morgan fingerprint density at radius 2 is 2.05 bits per heavy atom. The van der Waals surface area contributed by atoms with Crippen molar-refractivity contribution in [2.45, 2.75) is 25.6 Å². The molecule has 0 saturated carbocycles. The van der Waals surface area contributed by atoms with Gasteiger partial charge in [-0.05, 0) is 19.1 Å². The van der Waals surface area contributed by atoms with Gasteiger partial charge in [0.15, 0.2) is 9.84 Å². The molecule has 1 aromatic heterocycles. The van der Waals surface area contributed by atoms with E-state index < -0.39 is 33.5 Å². The SMILES string of the molecule is CC(=O)NC(CS(=O)(=O)Cc1cccc(C)n1)C(=O)O. The van der Waals surface area contributed by atoms with Crippen LogP contribution in [0.25, 0.3) is 0 Å². The zero-order valence-corrected chi connectivity index (χ0v) is 12.0. The molecule has 0 saturated heterocycles. The first-order valence-electron chi connectivity index (χ1n) is 5.82. The number of amides is 1. The summed E-state index contributed by atoms with van der Waals surface area (Å²) in [5.74, 6) is -3.02. The Balaban J connectivity index is 2.82. The summed E-state index contributed by atoms with van der Waals surface area (Å²) in [7, 11) is -3.70. The normalized spacial score (nSPS) is 12.7. The number of aromatic nitrogens is 1. The largest absolute Gasteiger partial charge is 0.480 e. The van der Waals surface area contributed by atoms with Crippen molar-refractivity contribution >= 4 is 21.7 Å². The Morgan fingerprint density at radius 1 is 1.40 bits per heavy atom. The summed E-state index contributed by atoms with van der Waals surface area (Å²) >= 11 is 0. The Hall–Kier alpha value is -1.96. The van der Waals surface area contributed by atoms with Crippen molar-refractivity contribution in [3.05, 3.63) is 29.6 Å². The van der Waals surface area contributed by atoms with Crippen molar-refractivity contribution in [2.24, 2.45) is 0 Å². The maximum atomic E-state index is 12.0. The third-order valence-electron chi connectivity index (χ3n) is 2.41. The van der Waals surface area contributed by atoms with Crippen LogP contribution in [0.15, 0.2) is 18.2 Å². The van der Waals surface area contributed by atoms with Gasteiger partial charge in [-0.15, -0.1) is 0 Å². The average molecular weight is 300 g/mol. The highest BCUT2D eigenvalue weighted by Crippen LogP contribution is 2.07. The van der Waals surface area contributed by atoms with Crippen LogP contribution >= 0.6 is 0 Å². The lowest BCUT2D eigenvalue weighted by molar-refractivity contribution is -0.140. The number of hydrogen-bond acceptors (Lipinski definition) is 5. The molecule has 0 spiro atoms. The molecule has 0 aromatic carbocycles. The van der Waals surface area contributed by atoms with E-state index in [1.54, 1.807) is 25.1 Å². The molecule has 7 nitrogen and oxygen atoms in total. The average Bonchev–Trinajstić information content (AvgIpc) is 2.26. The number of aryl methyl sites for hydroxylation is 1. The highest BCUT2D eigenvalue weighted by molar-refractivity contribution is 7.90. The summed E-state index contributed by atoms with van der Waals surface area (Å²) in [4.78, 5) is 25.8. The Labute approximate surface area is 116 Å². The molecule has 0 aliphatic heterocycles. The van der Waals surface area contributed by atoms with E-state index in [1.807, 2.05) is 0 Å². The number of carboxylic acid groups (broad SMARTS) is 1. The quantitative estimate of drug-likeness (QED) is 0.758. The van der Waals surface area contributed by atoms with E-state index in [-0.39, 0.29) is 5.75 Å². The molecule has 0 aliphatic rings. The summed E-state index contributed by atoms with van der Waals surface area (Å²) in [6.07, 6.45) is 0. The minimum absolute atomic E-state index is 0.344. The van der Waals surface area contributed by atoms with Crippen LogP contribution in [0.2, 0.25) is 0 Å². The van der Waals surface area contributed by atoms with Crippen molar-refractivity contribution in [3.63, 3.8) is 0 Å². The molecular formula is C12H16N2O5S. The predicted molar refractivity (Wildman–Crippen MR) is 71.7 cm³/mol. The number of carbonyl (C=O) groups excluding carboxylic acids is 1. The van der Waals surface area contributed by atoms with Crippen LogP contribution < -0.4 is 5.32 Å². The minimum Gasteiger partial charge on any atom is -0.480 e. The maximum absolute atomic E-state index is 12.0. The Kier molecular flexibility index (Phi) is 5.20. The molecule has 1 aromatic rings. The molecule has 20 heavy (non-hydrogen) atoms. The van der Waals surface area contributed by atoms with Crippen LogP contribution in [0.5, 0.6) is 0 Å². The van der Waals surface area contributed by atoms with Gasteiger partial charge in [-0.2, -0.15) is 0 Å². The lowest BCUT2D eigenvalue weighted by atomic mass is 10.3. The van der Waals surface area contributed by atoms with Crippen molar-refractivity contribution < 1.29 is 23.1 Å². The molecule has 1 rings (SSSR count). The minimum atomic E-state index is -3.70. The van der Waals surface area contributed by atoms with E-state index in [1.165, 1.54) is 0 Å². The van der Waals surface area contributed by atoms with Gasteiger partial charge in [0.05, 0.1) is 17.2 Å². The van der Waals surface area contributed by atoms with E-state index in [9.17, 15) is 18.0 Å². The van der Waals surface area contributed by atoms with Crippen molar-refractivity contribution in [3.8, 4) is 0 Å². The summed E-state index contributed by atoms with van der Waals surface area (Å²) in [6, 6.07) is 3.50. The van der Waals surface area contributed by atoms with Crippen molar-refractivity contribution in [1.29, 1.82) is 0 Å². The van der Waals surface area contributed by atoms with E-state index in [0.717, 1.165) is 6.92 Å². The number of sulfone groups is 1. The lowest BCUT2D eigenvalue weighted by Gasteiger charge is -2.13. The number of hydrogen-bond donors (Lipinski definition) is 2. The van der Waals surface area contributed by atoms with Crippen molar-refractivity contribution in [2.75, 3.05) is 5.75 Å². The fraction of sp³-hybridized carbons (Fsp3) is 0.417. The zero-order chi connectivity index (χ0) is 15.3. The van der Waals surface area contributed by atoms with Gasteiger partial charge in [0.25, 0.3) is 0 Å². The van der Waals surface area contributed by atoms with Gasteiger partial charge in [0.1, 0.15) is 6.04 Å². The maximum Gasteiger partial charge on any atom is 0.327 e. The van der Waals surface area contributed by atoms with E-state index >= 15 is 0 Å². The molecule has 0 bridgehead atoms. The summed E-state index contributed by atoms with van der Waals surface area (Å²) in [6.45, 7) is 2.86. The third kappa shape index (κ3) is 5.35. The molecular weight excluding hydrogens is 284 g/mol. The molecule has 1 amide bonds. The van der Waals surface area contributed by atoms with Crippen LogP contribution in [-0.2, 0) is 25.2 Å². The number of rotatable bonds is 6. The Bertz CT molecular complexity index is 612. The van der Waals surface area contributed by atoms with E-state index in [4.69, 9.17) is 5.11 Å². The first-order valence-corrected chi connectivity index (χ1v) is 7.64. The second-order valence-corrected chi connectivity index (χ2v) is 6.53. The van der Waals surface area contributed by atoms with Gasteiger partial charge in [-0.3, -0.25) is 9.78 Å². The molecule has 1 unspecified atom stereocenters. The molecule has 1 atom stereocenters. The van der Waals surface area contributed by atoms with Crippen LogP contribution in [0, 0.1) is 6.92 Å². The highest BCUT2D eigenvalue weighted by Gasteiger charge is 2.26. The highest BCUT2D eigenvalue weighted by atomic mass is 32.2. The second-order valence-electron chi connectivity index (χ2n) is 4.42. The Morgan fingerprint density at radius 3 is 2.55 bits per heavy atom. The second kappa shape index (κ2) is 6.47. The number of pyridine rings is 1. The molecule has 1 heterocycles.